The van der Waals surface area contributed by atoms with Crippen molar-refractivity contribution in [2.24, 2.45) is 4.99 Å². The first-order valence-corrected chi connectivity index (χ1v) is 12.7. The van der Waals surface area contributed by atoms with Gasteiger partial charge < -0.3 is 19.1 Å². The molecule has 0 saturated carbocycles. The van der Waals surface area contributed by atoms with E-state index in [0.29, 0.717) is 28.1 Å². The van der Waals surface area contributed by atoms with Crippen molar-refractivity contribution in [2.75, 3.05) is 37.7 Å². The highest BCUT2D eigenvalue weighted by Crippen LogP contribution is 2.44. The van der Waals surface area contributed by atoms with E-state index in [1.807, 2.05) is 17.0 Å². The normalized spacial score (nSPS) is 22.6. The summed E-state index contributed by atoms with van der Waals surface area (Å²) >= 11 is 1.33. The number of amides is 1. The van der Waals surface area contributed by atoms with Gasteiger partial charge in [-0.1, -0.05) is 23.9 Å². The quantitative estimate of drug-likeness (QED) is 0.628. The number of thioether (sulfide) groups is 1. The first-order chi connectivity index (χ1) is 15.3. The van der Waals surface area contributed by atoms with E-state index in [2.05, 4.69) is 4.99 Å². The number of ether oxygens (including phenoxy) is 3. The molecule has 10 heteroatoms. The number of anilines is 1. The summed E-state index contributed by atoms with van der Waals surface area (Å²) in [6, 6.07) is 12.2. The number of hydrogen-bond donors (Lipinski definition) is 0. The van der Waals surface area contributed by atoms with Crippen LogP contribution >= 0.6 is 11.8 Å². The smallest absolute Gasteiger partial charge is 0.252 e. The molecule has 2 fully saturated rings. The molecular formula is C22H24N2O6S2. The molecule has 0 unspecified atom stereocenters. The molecule has 4 rings (SSSR count). The predicted octanol–water partition coefficient (Wildman–Crippen LogP) is 2.56. The number of aliphatic imine (C=N–C) groups is 1. The number of rotatable bonds is 6. The number of nitrogens with zero attached hydrogens (tertiary/aromatic N) is 2. The third-order valence-electron chi connectivity index (χ3n) is 5.45. The molecule has 2 aromatic rings. The van der Waals surface area contributed by atoms with Crippen molar-refractivity contribution < 1.29 is 27.4 Å². The first-order valence-electron chi connectivity index (χ1n) is 9.96. The molecule has 0 bridgehead atoms. The molecule has 2 aliphatic rings. The zero-order valence-corrected chi connectivity index (χ0v) is 19.6. The summed E-state index contributed by atoms with van der Waals surface area (Å²) in [6.45, 7) is 0. The highest BCUT2D eigenvalue weighted by Gasteiger charge is 2.50. The van der Waals surface area contributed by atoms with Gasteiger partial charge in [-0.3, -0.25) is 4.79 Å². The molecule has 2 aromatic carbocycles. The fraction of sp³-hybridized carbons (Fsp3) is 0.364. The second-order valence-electron chi connectivity index (χ2n) is 7.52. The fourth-order valence-corrected chi connectivity index (χ4v) is 7.82. The summed E-state index contributed by atoms with van der Waals surface area (Å²) in [6.07, 6.45) is 0.134. The Kier molecular flexibility index (Phi) is 6.34. The lowest BCUT2D eigenvalue weighted by molar-refractivity contribution is -0.117. The Morgan fingerprint density at radius 2 is 1.72 bits per heavy atom. The Bertz CT molecular complexity index is 1150. The molecule has 0 aromatic heterocycles. The van der Waals surface area contributed by atoms with Gasteiger partial charge in [-0.05, 0) is 29.8 Å². The first kappa shape index (κ1) is 22.5. The molecule has 170 valence electrons. The average molecular weight is 477 g/mol. The molecule has 2 aliphatic heterocycles. The minimum atomic E-state index is -3.17. The van der Waals surface area contributed by atoms with Crippen LogP contribution in [-0.4, -0.2) is 63.6 Å². The number of sulfone groups is 1. The minimum Gasteiger partial charge on any atom is -0.497 e. The van der Waals surface area contributed by atoms with Gasteiger partial charge in [-0.15, -0.1) is 0 Å². The van der Waals surface area contributed by atoms with Crippen LogP contribution in [0.5, 0.6) is 17.2 Å². The second kappa shape index (κ2) is 9.03. The summed E-state index contributed by atoms with van der Waals surface area (Å²) in [5.74, 6) is 1.60. The summed E-state index contributed by atoms with van der Waals surface area (Å²) in [7, 11) is 1.52. The molecule has 2 saturated heterocycles. The van der Waals surface area contributed by atoms with E-state index in [9.17, 15) is 13.2 Å². The van der Waals surface area contributed by atoms with Gasteiger partial charge >= 0.3 is 0 Å². The molecule has 1 amide bonds. The van der Waals surface area contributed by atoms with Gasteiger partial charge in [0.2, 0.25) is 0 Å². The molecule has 2 heterocycles. The van der Waals surface area contributed by atoms with Gasteiger partial charge in [0, 0.05) is 11.3 Å². The van der Waals surface area contributed by atoms with E-state index in [1.54, 1.807) is 44.6 Å². The number of amidine groups is 1. The number of hydrogen-bond acceptors (Lipinski definition) is 7. The van der Waals surface area contributed by atoms with Gasteiger partial charge in [0.1, 0.15) is 17.2 Å². The topological polar surface area (TPSA) is 94.5 Å². The Morgan fingerprint density at radius 3 is 2.38 bits per heavy atom. The molecule has 8 nitrogen and oxygen atoms in total. The number of benzene rings is 2. The number of fused-ring (bicyclic) bond motifs is 1. The van der Waals surface area contributed by atoms with Crippen LogP contribution < -0.4 is 19.1 Å². The van der Waals surface area contributed by atoms with Crippen molar-refractivity contribution >= 4 is 38.4 Å². The molecule has 0 N–H and O–H groups in total. The molecule has 32 heavy (non-hydrogen) atoms. The summed E-state index contributed by atoms with van der Waals surface area (Å²) in [4.78, 5) is 19.0. The predicted molar refractivity (Wildman–Crippen MR) is 125 cm³/mol. The van der Waals surface area contributed by atoms with E-state index in [0.717, 1.165) is 5.56 Å². The Hall–Kier alpha value is -2.72. The highest BCUT2D eigenvalue weighted by molar-refractivity contribution is 8.16. The SMILES string of the molecule is COc1ccc(CC(=O)N=C2S[C@H]3CS(=O)(=O)C[C@@H]3N2c2ccc(OC)cc2OC)cc1. The number of carbonyl (C=O) groups is 1. The van der Waals surface area contributed by atoms with Gasteiger partial charge in [0.15, 0.2) is 15.0 Å². The van der Waals surface area contributed by atoms with E-state index in [1.165, 1.54) is 18.9 Å². The van der Waals surface area contributed by atoms with Crippen LogP contribution in [0.3, 0.4) is 0 Å². The van der Waals surface area contributed by atoms with Gasteiger partial charge in [-0.25, -0.2) is 8.42 Å². The van der Waals surface area contributed by atoms with Crippen molar-refractivity contribution in [3.05, 3.63) is 48.0 Å². The monoisotopic (exact) mass is 476 g/mol. The third-order valence-corrected chi connectivity index (χ3v) is 8.66. The summed E-state index contributed by atoms with van der Waals surface area (Å²) in [5.41, 5.74) is 1.47. The maximum Gasteiger partial charge on any atom is 0.252 e. The van der Waals surface area contributed by atoms with Crippen LogP contribution in [0.4, 0.5) is 5.69 Å². The van der Waals surface area contributed by atoms with Crippen LogP contribution in [0.2, 0.25) is 0 Å². The van der Waals surface area contributed by atoms with Gasteiger partial charge in [0.05, 0.1) is 51.0 Å². The maximum absolute atomic E-state index is 12.8. The van der Waals surface area contributed by atoms with Crippen molar-refractivity contribution in [3.63, 3.8) is 0 Å². The van der Waals surface area contributed by atoms with Crippen molar-refractivity contribution in [1.82, 2.24) is 0 Å². The molecule has 0 radical (unpaired) electrons. The Balaban J connectivity index is 1.66. The standard InChI is InChI=1S/C22H24N2O6S2/c1-28-15-6-4-14(5-7-15)10-21(25)23-22-24(18-12-32(26,27)13-20(18)31-22)17-9-8-16(29-2)11-19(17)30-3/h4-9,11,18,20H,10,12-13H2,1-3H3/t18-,20-/m0/s1. The van der Waals surface area contributed by atoms with E-state index in [-0.39, 0.29) is 35.1 Å². The van der Waals surface area contributed by atoms with E-state index >= 15 is 0 Å². The maximum atomic E-state index is 12.8. The lowest BCUT2D eigenvalue weighted by Gasteiger charge is -2.26. The molecule has 0 aliphatic carbocycles. The van der Waals surface area contributed by atoms with Crippen molar-refractivity contribution in [2.45, 2.75) is 17.7 Å². The minimum absolute atomic E-state index is 0.00550. The zero-order chi connectivity index (χ0) is 22.9. The molecule has 0 spiro atoms. The van der Waals surface area contributed by atoms with Crippen LogP contribution in [-0.2, 0) is 21.1 Å². The second-order valence-corrected chi connectivity index (χ2v) is 10.9. The largest absolute Gasteiger partial charge is 0.497 e. The number of methoxy groups -OCH3 is 3. The van der Waals surface area contributed by atoms with Gasteiger partial charge in [-0.2, -0.15) is 4.99 Å². The van der Waals surface area contributed by atoms with Crippen LogP contribution in [0.25, 0.3) is 0 Å². The lowest BCUT2D eigenvalue weighted by atomic mass is 10.1. The van der Waals surface area contributed by atoms with Crippen molar-refractivity contribution in [1.29, 1.82) is 0 Å². The van der Waals surface area contributed by atoms with Crippen LogP contribution in [0, 0.1) is 0 Å². The van der Waals surface area contributed by atoms with E-state index < -0.39 is 9.84 Å². The Morgan fingerprint density at radius 1 is 1.03 bits per heavy atom. The lowest BCUT2D eigenvalue weighted by Crippen LogP contribution is -2.38. The fourth-order valence-electron chi connectivity index (χ4n) is 3.89. The van der Waals surface area contributed by atoms with Gasteiger partial charge in [0.25, 0.3) is 5.91 Å². The molecule has 2 atom stereocenters. The van der Waals surface area contributed by atoms with E-state index in [4.69, 9.17) is 14.2 Å². The van der Waals surface area contributed by atoms with Crippen molar-refractivity contribution in [3.8, 4) is 17.2 Å². The van der Waals surface area contributed by atoms with Crippen LogP contribution in [0.1, 0.15) is 5.56 Å². The van der Waals surface area contributed by atoms with Crippen LogP contribution in [0.15, 0.2) is 47.5 Å². The number of carbonyl (C=O) groups excluding carboxylic acids is 1. The average Bonchev–Trinajstić information content (AvgIpc) is 3.24. The highest BCUT2D eigenvalue weighted by atomic mass is 32.2. The summed E-state index contributed by atoms with van der Waals surface area (Å²) in [5, 5.41) is 0.288. The third kappa shape index (κ3) is 4.56. The molecular weight excluding hydrogens is 452 g/mol. The zero-order valence-electron chi connectivity index (χ0n) is 18.0. The Labute approximate surface area is 191 Å². The summed E-state index contributed by atoms with van der Waals surface area (Å²) < 4.78 is 40.5.